The van der Waals surface area contributed by atoms with Crippen LogP contribution in [0.4, 0.5) is 4.39 Å². The smallest absolute Gasteiger partial charge is 0.251 e. The Morgan fingerprint density at radius 3 is 2.65 bits per heavy atom. The number of nitrogens with zero attached hydrogens (tertiary/aromatic N) is 2. The molecule has 0 aromatic heterocycles. The lowest BCUT2D eigenvalue weighted by Crippen LogP contribution is -2.54. The Bertz CT molecular complexity index is 1060. The van der Waals surface area contributed by atoms with E-state index in [1.165, 1.54) is 12.1 Å². The lowest BCUT2D eigenvalue weighted by molar-refractivity contribution is -0.130. The van der Waals surface area contributed by atoms with E-state index in [4.69, 9.17) is 4.74 Å². The Morgan fingerprint density at radius 1 is 1.26 bits per heavy atom. The highest BCUT2D eigenvalue weighted by atomic mass is 19.1. The zero-order valence-corrected chi connectivity index (χ0v) is 20.4. The fourth-order valence-electron chi connectivity index (χ4n) is 4.35. The Balaban J connectivity index is 1.85. The molecule has 182 valence electrons. The van der Waals surface area contributed by atoms with Crippen LogP contribution in [0, 0.1) is 12.7 Å². The minimum Gasteiger partial charge on any atom is -0.484 e. The minimum atomic E-state index is -0.417. The number of ether oxygens (including phenoxy) is 1. The maximum atomic E-state index is 14.4. The molecular formula is C27H34FN3O3. The fraction of sp³-hybridized carbons (Fsp3) is 0.407. The first-order valence-electron chi connectivity index (χ1n) is 11.7. The van der Waals surface area contributed by atoms with E-state index in [1.807, 2.05) is 30.9 Å². The van der Waals surface area contributed by atoms with Crippen LogP contribution in [0.5, 0.6) is 5.75 Å². The average Bonchev–Trinajstić information content (AvgIpc) is 2.84. The molecule has 0 aliphatic carbocycles. The number of carbonyl (C=O) groups is 2. The topological polar surface area (TPSA) is 61.9 Å². The maximum Gasteiger partial charge on any atom is 0.251 e. The van der Waals surface area contributed by atoms with Crippen molar-refractivity contribution in [2.24, 2.45) is 0 Å². The lowest BCUT2D eigenvalue weighted by Gasteiger charge is -2.40. The van der Waals surface area contributed by atoms with Gasteiger partial charge in [-0.3, -0.25) is 14.5 Å². The van der Waals surface area contributed by atoms with Crippen LogP contribution >= 0.6 is 0 Å². The molecule has 0 unspecified atom stereocenters. The fourth-order valence-corrected chi connectivity index (χ4v) is 4.35. The summed E-state index contributed by atoms with van der Waals surface area (Å²) in [5, 5.41) is 2.67. The van der Waals surface area contributed by atoms with Gasteiger partial charge in [-0.1, -0.05) is 25.6 Å². The molecule has 0 spiro atoms. The molecule has 2 amide bonds. The van der Waals surface area contributed by atoms with Crippen molar-refractivity contribution in [2.45, 2.75) is 39.3 Å². The number of aryl methyl sites for hydroxylation is 2. The normalized spacial score (nSPS) is 17.2. The van der Waals surface area contributed by atoms with Crippen molar-refractivity contribution in [3.63, 3.8) is 0 Å². The summed E-state index contributed by atoms with van der Waals surface area (Å²) in [7, 11) is 1.61. The van der Waals surface area contributed by atoms with E-state index < -0.39 is 6.10 Å². The van der Waals surface area contributed by atoms with Crippen molar-refractivity contribution >= 4 is 11.8 Å². The summed E-state index contributed by atoms with van der Waals surface area (Å²) in [6, 6.07) is 10.6. The van der Waals surface area contributed by atoms with Crippen LogP contribution in [0.1, 0.15) is 47.0 Å². The van der Waals surface area contributed by atoms with Gasteiger partial charge in [0, 0.05) is 44.8 Å². The first-order chi connectivity index (χ1) is 16.3. The van der Waals surface area contributed by atoms with E-state index in [0.717, 1.165) is 11.1 Å². The number of rotatable bonds is 8. The highest BCUT2D eigenvalue weighted by molar-refractivity contribution is 5.95. The van der Waals surface area contributed by atoms with Gasteiger partial charge in [0.15, 0.2) is 0 Å². The van der Waals surface area contributed by atoms with Gasteiger partial charge in [-0.05, 0) is 67.3 Å². The van der Waals surface area contributed by atoms with Crippen molar-refractivity contribution in [3.8, 4) is 5.75 Å². The van der Waals surface area contributed by atoms with Crippen molar-refractivity contribution in [1.29, 1.82) is 0 Å². The van der Waals surface area contributed by atoms with Gasteiger partial charge in [0.05, 0.1) is 0 Å². The standard InChI is InChI=1S/C27H34FN3O3/c1-6-20-14-22(10-11-23(20)27(33)29-5)34-25(21-9-8-18(3)24(28)15-21)17-30-12-13-31(19(4)16-30)26(32)7-2/h7-11,14-15,19,25H,2,6,12-13,16-17H2,1,3-5H3,(H,29,33)/t19-,25-/m1/s1. The van der Waals surface area contributed by atoms with Crippen LogP contribution in [-0.4, -0.2) is 60.9 Å². The summed E-state index contributed by atoms with van der Waals surface area (Å²) in [4.78, 5) is 28.3. The number of benzene rings is 2. The van der Waals surface area contributed by atoms with E-state index in [-0.39, 0.29) is 23.7 Å². The number of amides is 2. The number of carbonyl (C=O) groups excluding carboxylic acids is 2. The Labute approximate surface area is 201 Å². The van der Waals surface area contributed by atoms with Crippen molar-refractivity contribution < 1.29 is 18.7 Å². The van der Waals surface area contributed by atoms with Crippen LogP contribution in [0.25, 0.3) is 0 Å². The molecule has 1 fully saturated rings. The van der Waals surface area contributed by atoms with Gasteiger partial charge < -0.3 is 15.0 Å². The highest BCUT2D eigenvalue weighted by Crippen LogP contribution is 2.28. The van der Waals surface area contributed by atoms with Gasteiger partial charge in [-0.15, -0.1) is 0 Å². The zero-order chi connectivity index (χ0) is 24.8. The number of hydrogen-bond acceptors (Lipinski definition) is 4. The molecule has 0 radical (unpaired) electrons. The number of nitrogens with one attached hydrogen (secondary N) is 1. The summed E-state index contributed by atoms with van der Waals surface area (Å²) >= 11 is 0. The summed E-state index contributed by atoms with van der Waals surface area (Å²) < 4.78 is 20.8. The summed E-state index contributed by atoms with van der Waals surface area (Å²) in [5.74, 6) is 0.152. The van der Waals surface area contributed by atoms with Crippen molar-refractivity contribution in [2.75, 3.05) is 33.2 Å². The third kappa shape index (κ3) is 5.83. The van der Waals surface area contributed by atoms with Gasteiger partial charge >= 0.3 is 0 Å². The molecule has 1 aliphatic rings. The summed E-state index contributed by atoms with van der Waals surface area (Å²) in [5.41, 5.74) is 2.83. The van der Waals surface area contributed by atoms with Crippen LogP contribution < -0.4 is 10.1 Å². The number of hydrogen-bond donors (Lipinski definition) is 1. The van der Waals surface area contributed by atoms with E-state index >= 15 is 0 Å². The van der Waals surface area contributed by atoms with E-state index in [9.17, 15) is 14.0 Å². The quantitative estimate of drug-likeness (QED) is 0.599. The maximum absolute atomic E-state index is 14.4. The minimum absolute atomic E-state index is 0.0354. The molecular weight excluding hydrogens is 433 g/mol. The molecule has 1 aliphatic heterocycles. The van der Waals surface area contributed by atoms with Crippen LogP contribution in [0.2, 0.25) is 0 Å². The Morgan fingerprint density at radius 2 is 2.03 bits per heavy atom. The summed E-state index contributed by atoms with van der Waals surface area (Å²) in [6.45, 7) is 11.8. The second-order valence-electron chi connectivity index (χ2n) is 8.71. The van der Waals surface area contributed by atoms with Crippen LogP contribution in [0.15, 0.2) is 49.1 Å². The molecule has 2 aromatic carbocycles. The molecule has 0 bridgehead atoms. The monoisotopic (exact) mass is 467 g/mol. The van der Waals surface area contributed by atoms with Crippen molar-refractivity contribution in [3.05, 3.63) is 77.1 Å². The van der Waals surface area contributed by atoms with Gasteiger partial charge in [-0.2, -0.15) is 0 Å². The van der Waals surface area contributed by atoms with Gasteiger partial charge in [-0.25, -0.2) is 4.39 Å². The molecule has 2 aromatic rings. The largest absolute Gasteiger partial charge is 0.484 e. The van der Waals surface area contributed by atoms with E-state index in [0.29, 0.717) is 49.5 Å². The van der Waals surface area contributed by atoms with E-state index in [2.05, 4.69) is 16.8 Å². The van der Waals surface area contributed by atoms with Gasteiger partial charge in [0.2, 0.25) is 5.91 Å². The molecule has 6 nitrogen and oxygen atoms in total. The predicted molar refractivity (Wildman–Crippen MR) is 132 cm³/mol. The third-order valence-electron chi connectivity index (χ3n) is 6.37. The predicted octanol–water partition coefficient (Wildman–Crippen LogP) is 3.89. The van der Waals surface area contributed by atoms with Crippen LogP contribution in [-0.2, 0) is 11.2 Å². The molecule has 2 atom stereocenters. The SMILES string of the molecule is C=CC(=O)N1CCN(C[C@@H](Oc2ccc(C(=O)NC)c(CC)c2)c2ccc(C)c(F)c2)C[C@H]1C. The highest BCUT2D eigenvalue weighted by Gasteiger charge is 2.29. The van der Waals surface area contributed by atoms with Crippen molar-refractivity contribution in [1.82, 2.24) is 15.1 Å². The van der Waals surface area contributed by atoms with Gasteiger partial charge in [0.25, 0.3) is 5.91 Å². The first-order valence-corrected chi connectivity index (χ1v) is 11.7. The average molecular weight is 468 g/mol. The zero-order valence-electron chi connectivity index (χ0n) is 20.4. The summed E-state index contributed by atoms with van der Waals surface area (Å²) in [6.07, 6.45) is 1.61. The Hall–Kier alpha value is -3.19. The molecule has 1 saturated heterocycles. The molecule has 0 saturated carbocycles. The van der Waals surface area contributed by atoms with E-state index in [1.54, 1.807) is 32.2 Å². The third-order valence-corrected chi connectivity index (χ3v) is 6.37. The molecule has 7 heteroatoms. The molecule has 3 rings (SSSR count). The Kier molecular flexibility index (Phi) is 8.45. The van der Waals surface area contributed by atoms with Gasteiger partial charge in [0.1, 0.15) is 17.7 Å². The number of halogens is 1. The molecule has 1 heterocycles. The molecule has 34 heavy (non-hydrogen) atoms. The number of piperazine rings is 1. The molecule has 1 N–H and O–H groups in total. The lowest BCUT2D eigenvalue weighted by atomic mass is 10.0. The van der Waals surface area contributed by atoms with Crippen LogP contribution in [0.3, 0.4) is 0 Å². The second kappa shape index (κ2) is 11.3. The first kappa shape index (κ1) is 25.4. The second-order valence-corrected chi connectivity index (χ2v) is 8.71.